The molecule has 0 aliphatic carbocycles. The SMILES string of the molecule is CC(C)(C)N(CC(=O)O)C(=O)COc1ccccc1O. The number of phenols is 1. The number of carboxylic acid groups (broad SMARTS) is 1. The van der Waals surface area contributed by atoms with Crippen LogP contribution in [0, 0.1) is 0 Å². The molecule has 0 aliphatic rings. The fraction of sp³-hybridized carbons (Fsp3) is 0.429. The predicted molar refractivity (Wildman–Crippen MR) is 72.7 cm³/mol. The number of amides is 1. The van der Waals surface area contributed by atoms with Crippen LogP contribution in [-0.4, -0.2) is 45.7 Å². The van der Waals surface area contributed by atoms with Crippen LogP contribution in [0.3, 0.4) is 0 Å². The number of hydrogen-bond acceptors (Lipinski definition) is 4. The third-order valence-electron chi connectivity index (χ3n) is 2.62. The number of para-hydroxylation sites is 2. The highest BCUT2D eigenvalue weighted by molar-refractivity contribution is 5.83. The number of aromatic hydroxyl groups is 1. The summed E-state index contributed by atoms with van der Waals surface area (Å²) < 4.78 is 5.22. The van der Waals surface area contributed by atoms with Gasteiger partial charge in [0, 0.05) is 5.54 Å². The summed E-state index contributed by atoms with van der Waals surface area (Å²) in [6, 6.07) is 6.27. The quantitative estimate of drug-likeness (QED) is 0.853. The summed E-state index contributed by atoms with van der Waals surface area (Å²) in [5.41, 5.74) is -0.627. The highest BCUT2D eigenvalue weighted by Crippen LogP contribution is 2.24. The summed E-state index contributed by atoms with van der Waals surface area (Å²) in [4.78, 5) is 24.1. The van der Waals surface area contributed by atoms with E-state index in [1.165, 1.54) is 17.0 Å². The monoisotopic (exact) mass is 281 g/mol. The van der Waals surface area contributed by atoms with E-state index < -0.39 is 24.0 Å². The molecule has 6 nitrogen and oxygen atoms in total. The topological polar surface area (TPSA) is 87.1 Å². The first-order chi connectivity index (χ1) is 9.21. The van der Waals surface area contributed by atoms with Gasteiger partial charge in [-0.15, -0.1) is 0 Å². The van der Waals surface area contributed by atoms with Crippen LogP contribution in [0.25, 0.3) is 0 Å². The number of nitrogens with zero attached hydrogens (tertiary/aromatic N) is 1. The zero-order chi connectivity index (χ0) is 15.3. The van der Waals surface area contributed by atoms with E-state index in [-0.39, 0.29) is 18.1 Å². The molecule has 0 bridgehead atoms. The summed E-state index contributed by atoms with van der Waals surface area (Å²) in [6.45, 7) is 4.50. The molecule has 0 aliphatic heterocycles. The second-order valence-electron chi connectivity index (χ2n) is 5.30. The minimum absolute atomic E-state index is 0.0687. The van der Waals surface area contributed by atoms with Gasteiger partial charge >= 0.3 is 5.97 Å². The van der Waals surface area contributed by atoms with Crippen molar-refractivity contribution in [2.45, 2.75) is 26.3 Å². The minimum atomic E-state index is -1.09. The van der Waals surface area contributed by atoms with Crippen LogP contribution in [0.15, 0.2) is 24.3 Å². The van der Waals surface area contributed by atoms with Crippen molar-refractivity contribution >= 4 is 11.9 Å². The van der Waals surface area contributed by atoms with Gasteiger partial charge in [-0.25, -0.2) is 0 Å². The van der Waals surface area contributed by atoms with E-state index in [1.807, 2.05) is 0 Å². The lowest BCUT2D eigenvalue weighted by Crippen LogP contribution is -2.50. The molecule has 0 unspecified atom stereocenters. The highest BCUT2D eigenvalue weighted by atomic mass is 16.5. The van der Waals surface area contributed by atoms with E-state index in [2.05, 4.69) is 0 Å². The molecule has 1 rings (SSSR count). The van der Waals surface area contributed by atoms with E-state index in [9.17, 15) is 14.7 Å². The van der Waals surface area contributed by atoms with Crippen molar-refractivity contribution in [2.75, 3.05) is 13.2 Å². The van der Waals surface area contributed by atoms with Crippen molar-refractivity contribution in [3.63, 3.8) is 0 Å². The van der Waals surface area contributed by atoms with Gasteiger partial charge < -0.3 is 19.8 Å². The Morgan fingerprint density at radius 2 is 1.85 bits per heavy atom. The van der Waals surface area contributed by atoms with Crippen molar-refractivity contribution < 1.29 is 24.5 Å². The van der Waals surface area contributed by atoms with E-state index in [4.69, 9.17) is 9.84 Å². The highest BCUT2D eigenvalue weighted by Gasteiger charge is 2.28. The standard InChI is InChI=1S/C14H19NO5/c1-14(2,3)15(8-13(18)19)12(17)9-20-11-7-5-4-6-10(11)16/h4-7,16H,8-9H2,1-3H3,(H,18,19). The number of benzene rings is 1. The number of carbonyl (C=O) groups is 2. The van der Waals surface area contributed by atoms with Gasteiger partial charge in [-0.1, -0.05) is 12.1 Å². The number of aliphatic carboxylic acids is 1. The first-order valence-corrected chi connectivity index (χ1v) is 6.15. The molecule has 2 N–H and O–H groups in total. The van der Waals surface area contributed by atoms with Gasteiger partial charge in [-0.3, -0.25) is 9.59 Å². The maximum atomic E-state index is 12.1. The van der Waals surface area contributed by atoms with Crippen molar-refractivity contribution in [3.8, 4) is 11.5 Å². The Morgan fingerprint density at radius 3 is 2.35 bits per heavy atom. The lowest BCUT2D eigenvalue weighted by atomic mass is 10.1. The zero-order valence-electron chi connectivity index (χ0n) is 11.8. The van der Waals surface area contributed by atoms with Crippen LogP contribution in [0.1, 0.15) is 20.8 Å². The number of carboxylic acids is 1. The Balaban J connectivity index is 2.72. The van der Waals surface area contributed by atoms with Crippen LogP contribution in [0.5, 0.6) is 11.5 Å². The van der Waals surface area contributed by atoms with Gasteiger partial charge in [-0.2, -0.15) is 0 Å². The van der Waals surface area contributed by atoms with Crippen LogP contribution < -0.4 is 4.74 Å². The third kappa shape index (κ3) is 4.46. The van der Waals surface area contributed by atoms with Gasteiger partial charge in [0.25, 0.3) is 5.91 Å². The van der Waals surface area contributed by atoms with E-state index in [0.717, 1.165) is 0 Å². The van der Waals surface area contributed by atoms with Gasteiger partial charge in [-0.05, 0) is 32.9 Å². The predicted octanol–water partition coefficient (Wildman–Crippen LogP) is 1.48. The number of ether oxygens (including phenoxy) is 1. The average Bonchev–Trinajstić information content (AvgIpc) is 2.33. The van der Waals surface area contributed by atoms with Crippen molar-refractivity contribution in [1.82, 2.24) is 4.90 Å². The molecule has 0 saturated carbocycles. The number of phenolic OH excluding ortho intramolecular Hbond substituents is 1. The van der Waals surface area contributed by atoms with E-state index >= 15 is 0 Å². The molecule has 0 atom stereocenters. The molecule has 1 amide bonds. The second kappa shape index (κ2) is 6.27. The van der Waals surface area contributed by atoms with Crippen molar-refractivity contribution in [1.29, 1.82) is 0 Å². The Labute approximate surface area is 117 Å². The Hall–Kier alpha value is -2.24. The molecule has 0 spiro atoms. The molecule has 0 heterocycles. The summed E-state index contributed by atoms with van der Waals surface area (Å²) >= 11 is 0. The molecule has 0 fully saturated rings. The largest absolute Gasteiger partial charge is 0.504 e. The summed E-state index contributed by atoms with van der Waals surface area (Å²) in [6.07, 6.45) is 0. The maximum Gasteiger partial charge on any atom is 0.323 e. The van der Waals surface area contributed by atoms with Crippen molar-refractivity contribution in [2.24, 2.45) is 0 Å². The van der Waals surface area contributed by atoms with Crippen LogP contribution in [0.4, 0.5) is 0 Å². The number of carbonyl (C=O) groups excluding carboxylic acids is 1. The molecular weight excluding hydrogens is 262 g/mol. The molecule has 1 aromatic rings. The van der Waals surface area contributed by atoms with Gasteiger partial charge in [0.05, 0.1) is 0 Å². The molecule has 0 radical (unpaired) electrons. The molecule has 110 valence electrons. The molecular formula is C14H19NO5. The fourth-order valence-electron chi connectivity index (χ4n) is 1.63. The second-order valence-corrected chi connectivity index (χ2v) is 5.30. The van der Waals surface area contributed by atoms with Crippen LogP contribution in [0.2, 0.25) is 0 Å². The fourth-order valence-corrected chi connectivity index (χ4v) is 1.63. The van der Waals surface area contributed by atoms with Gasteiger partial charge in [0.1, 0.15) is 6.54 Å². The van der Waals surface area contributed by atoms with Gasteiger partial charge in [0.2, 0.25) is 0 Å². The van der Waals surface area contributed by atoms with Gasteiger partial charge in [0.15, 0.2) is 18.1 Å². The Kier molecular flexibility index (Phi) is 4.96. The molecule has 1 aromatic carbocycles. The number of rotatable bonds is 5. The first kappa shape index (κ1) is 15.8. The van der Waals surface area contributed by atoms with Crippen molar-refractivity contribution in [3.05, 3.63) is 24.3 Å². The van der Waals surface area contributed by atoms with Crippen LogP contribution in [-0.2, 0) is 9.59 Å². The van der Waals surface area contributed by atoms with E-state index in [0.29, 0.717) is 0 Å². The molecule has 0 aromatic heterocycles. The number of hydrogen-bond donors (Lipinski definition) is 2. The molecule has 0 saturated heterocycles. The summed E-state index contributed by atoms with van der Waals surface area (Å²) in [7, 11) is 0. The molecule has 6 heteroatoms. The average molecular weight is 281 g/mol. The lowest BCUT2D eigenvalue weighted by molar-refractivity contribution is -0.149. The summed E-state index contributed by atoms with van der Waals surface area (Å²) in [5.74, 6) is -1.43. The third-order valence-corrected chi connectivity index (χ3v) is 2.62. The smallest absolute Gasteiger partial charge is 0.323 e. The normalized spacial score (nSPS) is 10.9. The maximum absolute atomic E-state index is 12.1. The Morgan fingerprint density at radius 1 is 1.25 bits per heavy atom. The zero-order valence-corrected chi connectivity index (χ0v) is 11.8. The first-order valence-electron chi connectivity index (χ1n) is 6.15. The van der Waals surface area contributed by atoms with E-state index in [1.54, 1.807) is 32.9 Å². The lowest BCUT2D eigenvalue weighted by Gasteiger charge is -2.34. The molecule has 20 heavy (non-hydrogen) atoms. The van der Waals surface area contributed by atoms with Crippen LogP contribution >= 0.6 is 0 Å². The minimum Gasteiger partial charge on any atom is -0.504 e. The Bertz CT molecular complexity index is 493. The summed E-state index contributed by atoms with van der Waals surface area (Å²) in [5, 5.41) is 18.4.